The normalized spacial score (nSPS) is 12.6. The molecule has 5 nitrogen and oxygen atoms in total. The molecule has 9 rings (SSSR count). The number of hydrogen-bond donors (Lipinski definition) is 2. The van der Waals surface area contributed by atoms with Crippen LogP contribution < -0.4 is 16.6 Å². The number of rotatable bonds is 7. The maximum absolute atomic E-state index is 6.79. The third-order valence-corrected chi connectivity index (χ3v) is 10.7. The standard InChI is InChI=1S/C49H39N5/c1-49(2)42-19-10-9-18-40(42)41-29-47(44(50)30-43(41)49)54(51)39-26-24-34(25-27-39)37-16-11-17-38(28-37)46-31-45(52-48(53-46)36-14-7-4-8-15-36)35-22-20-33(21-23-35)32-12-5-3-6-13-32/h3-31H,50-51H2,1-2H3. The molecule has 0 saturated carbocycles. The van der Waals surface area contributed by atoms with Crippen molar-refractivity contribution in [2.24, 2.45) is 5.84 Å². The molecule has 260 valence electrons. The third kappa shape index (κ3) is 5.91. The molecule has 0 aliphatic heterocycles. The van der Waals surface area contributed by atoms with Crippen LogP contribution in [-0.4, -0.2) is 9.97 Å². The summed E-state index contributed by atoms with van der Waals surface area (Å²) in [5, 5.41) is 1.68. The number of hydrazine groups is 1. The number of anilines is 3. The SMILES string of the molecule is CC1(C)c2ccccc2-c2cc(N(N)c3ccc(-c4cccc(-c5cc(-c6ccc(-c7ccccc7)cc6)nc(-c6ccccc6)n5)c4)cc3)c(N)cc21. The Hall–Kier alpha value is -6.82. The van der Waals surface area contributed by atoms with Gasteiger partial charge in [-0.25, -0.2) is 15.8 Å². The second-order valence-corrected chi connectivity index (χ2v) is 14.4. The highest BCUT2D eigenvalue weighted by atomic mass is 15.4. The average molecular weight is 698 g/mol. The van der Waals surface area contributed by atoms with Crippen LogP contribution in [0.2, 0.25) is 0 Å². The Labute approximate surface area is 316 Å². The van der Waals surface area contributed by atoms with Crippen LogP contribution >= 0.6 is 0 Å². The highest BCUT2D eigenvalue weighted by Crippen LogP contribution is 2.51. The van der Waals surface area contributed by atoms with Crippen LogP contribution in [0.25, 0.3) is 67.3 Å². The number of nitrogens with zero attached hydrogens (tertiary/aromatic N) is 3. The highest BCUT2D eigenvalue weighted by molar-refractivity contribution is 5.89. The minimum atomic E-state index is -0.126. The summed E-state index contributed by atoms with van der Waals surface area (Å²) < 4.78 is 0. The van der Waals surface area contributed by atoms with E-state index < -0.39 is 0 Å². The summed E-state index contributed by atoms with van der Waals surface area (Å²) in [5.74, 6) is 7.47. The van der Waals surface area contributed by atoms with E-state index in [1.165, 1.54) is 33.4 Å². The first kappa shape index (κ1) is 33.0. The molecule has 1 aliphatic carbocycles. The summed E-state index contributed by atoms with van der Waals surface area (Å²) in [6, 6.07) is 60.8. The topological polar surface area (TPSA) is 81.1 Å². The predicted molar refractivity (Wildman–Crippen MR) is 224 cm³/mol. The Bertz CT molecular complexity index is 2630. The van der Waals surface area contributed by atoms with Crippen molar-refractivity contribution in [3.8, 4) is 67.3 Å². The van der Waals surface area contributed by atoms with Crippen LogP contribution in [0.1, 0.15) is 25.0 Å². The number of benzene rings is 7. The molecule has 0 bridgehead atoms. The number of aromatic nitrogens is 2. The lowest BCUT2D eigenvalue weighted by atomic mass is 9.82. The molecule has 5 heteroatoms. The van der Waals surface area contributed by atoms with Gasteiger partial charge in [-0.1, -0.05) is 153 Å². The van der Waals surface area contributed by atoms with E-state index in [0.29, 0.717) is 11.5 Å². The maximum atomic E-state index is 6.79. The molecule has 0 radical (unpaired) electrons. The molecule has 0 unspecified atom stereocenters. The van der Waals surface area contributed by atoms with E-state index in [1.54, 1.807) is 5.01 Å². The first-order chi connectivity index (χ1) is 26.3. The van der Waals surface area contributed by atoms with Gasteiger partial charge in [0.2, 0.25) is 0 Å². The molecular weight excluding hydrogens is 659 g/mol. The smallest absolute Gasteiger partial charge is 0.160 e. The van der Waals surface area contributed by atoms with Crippen LogP contribution in [0.4, 0.5) is 17.1 Å². The molecule has 1 aromatic heterocycles. The van der Waals surface area contributed by atoms with Gasteiger partial charge in [0, 0.05) is 22.1 Å². The largest absolute Gasteiger partial charge is 0.397 e. The fourth-order valence-electron chi connectivity index (χ4n) is 7.70. The molecule has 0 spiro atoms. The lowest BCUT2D eigenvalue weighted by Gasteiger charge is -2.25. The van der Waals surface area contributed by atoms with Crippen LogP contribution in [0.15, 0.2) is 176 Å². The van der Waals surface area contributed by atoms with Gasteiger partial charge in [0.1, 0.15) is 0 Å². The van der Waals surface area contributed by atoms with E-state index in [2.05, 4.69) is 153 Å². The molecule has 1 heterocycles. The Kier molecular flexibility index (Phi) is 8.14. The van der Waals surface area contributed by atoms with Crippen LogP contribution in [0, 0.1) is 0 Å². The minimum absolute atomic E-state index is 0.126. The lowest BCUT2D eigenvalue weighted by molar-refractivity contribution is 0.660. The number of nitrogen functional groups attached to an aromatic ring is 1. The monoisotopic (exact) mass is 697 g/mol. The summed E-state index contributed by atoms with van der Waals surface area (Å²) in [5.41, 5.74) is 23.0. The predicted octanol–water partition coefficient (Wildman–Crippen LogP) is 11.7. The van der Waals surface area contributed by atoms with Gasteiger partial charge in [0.15, 0.2) is 5.82 Å². The molecule has 0 amide bonds. The van der Waals surface area contributed by atoms with Crippen molar-refractivity contribution in [2.45, 2.75) is 19.3 Å². The minimum Gasteiger partial charge on any atom is -0.397 e. The van der Waals surface area contributed by atoms with Crippen LogP contribution in [-0.2, 0) is 5.41 Å². The number of fused-ring (bicyclic) bond motifs is 3. The molecule has 54 heavy (non-hydrogen) atoms. The molecule has 7 aromatic carbocycles. The van der Waals surface area contributed by atoms with Crippen LogP contribution in [0.5, 0.6) is 0 Å². The first-order valence-electron chi connectivity index (χ1n) is 18.2. The van der Waals surface area contributed by atoms with Gasteiger partial charge >= 0.3 is 0 Å². The summed E-state index contributed by atoms with van der Waals surface area (Å²) in [7, 11) is 0. The van der Waals surface area contributed by atoms with Crippen molar-refractivity contribution in [2.75, 3.05) is 10.7 Å². The molecule has 1 aliphatic rings. The van der Waals surface area contributed by atoms with E-state index in [4.69, 9.17) is 21.5 Å². The van der Waals surface area contributed by atoms with Gasteiger partial charge < -0.3 is 5.73 Å². The summed E-state index contributed by atoms with van der Waals surface area (Å²) >= 11 is 0. The zero-order valence-electron chi connectivity index (χ0n) is 30.2. The molecule has 0 saturated heterocycles. The number of hydrogen-bond acceptors (Lipinski definition) is 5. The van der Waals surface area contributed by atoms with Crippen molar-refractivity contribution in [1.82, 2.24) is 9.97 Å². The fraction of sp³-hybridized carbons (Fsp3) is 0.0612. The van der Waals surface area contributed by atoms with Crippen molar-refractivity contribution in [1.29, 1.82) is 0 Å². The van der Waals surface area contributed by atoms with Crippen molar-refractivity contribution < 1.29 is 0 Å². The van der Waals surface area contributed by atoms with Gasteiger partial charge in [0.25, 0.3) is 0 Å². The van der Waals surface area contributed by atoms with Crippen molar-refractivity contribution in [3.63, 3.8) is 0 Å². The van der Waals surface area contributed by atoms with E-state index in [0.717, 1.165) is 50.6 Å². The number of nitrogens with two attached hydrogens (primary N) is 2. The highest BCUT2D eigenvalue weighted by Gasteiger charge is 2.36. The molecule has 4 N–H and O–H groups in total. The Balaban J connectivity index is 1.03. The zero-order chi connectivity index (χ0) is 36.8. The Morgan fingerprint density at radius 1 is 0.444 bits per heavy atom. The second kappa shape index (κ2) is 13.3. The molecule has 8 aromatic rings. The van der Waals surface area contributed by atoms with E-state index in [1.807, 2.05) is 36.4 Å². The Morgan fingerprint density at radius 2 is 0.981 bits per heavy atom. The van der Waals surface area contributed by atoms with Gasteiger partial charge in [-0.3, -0.25) is 5.01 Å². The summed E-state index contributed by atoms with van der Waals surface area (Å²) in [6.07, 6.45) is 0. The quantitative estimate of drug-likeness (QED) is 0.0984. The van der Waals surface area contributed by atoms with Gasteiger partial charge in [0.05, 0.1) is 28.5 Å². The van der Waals surface area contributed by atoms with Crippen molar-refractivity contribution in [3.05, 3.63) is 187 Å². The average Bonchev–Trinajstić information content (AvgIpc) is 3.45. The molecule has 0 fully saturated rings. The first-order valence-corrected chi connectivity index (χ1v) is 18.2. The van der Waals surface area contributed by atoms with E-state index >= 15 is 0 Å². The van der Waals surface area contributed by atoms with E-state index in [9.17, 15) is 0 Å². The summed E-state index contributed by atoms with van der Waals surface area (Å²) in [4.78, 5) is 10.1. The van der Waals surface area contributed by atoms with Gasteiger partial charge in [-0.05, 0) is 80.9 Å². The molecular formula is C49H39N5. The summed E-state index contributed by atoms with van der Waals surface area (Å²) in [6.45, 7) is 4.50. The molecule has 0 atom stereocenters. The van der Waals surface area contributed by atoms with Crippen molar-refractivity contribution >= 4 is 17.1 Å². The lowest BCUT2D eigenvalue weighted by Crippen LogP contribution is -2.26. The van der Waals surface area contributed by atoms with Crippen LogP contribution in [0.3, 0.4) is 0 Å². The second-order valence-electron chi connectivity index (χ2n) is 14.4. The fourth-order valence-corrected chi connectivity index (χ4v) is 7.70. The Morgan fingerprint density at radius 3 is 1.70 bits per heavy atom. The van der Waals surface area contributed by atoms with Gasteiger partial charge in [-0.15, -0.1) is 0 Å². The zero-order valence-corrected chi connectivity index (χ0v) is 30.2. The maximum Gasteiger partial charge on any atom is 0.160 e. The van der Waals surface area contributed by atoms with Gasteiger partial charge in [-0.2, -0.15) is 0 Å². The third-order valence-electron chi connectivity index (χ3n) is 10.7. The van der Waals surface area contributed by atoms with E-state index in [-0.39, 0.29) is 5.41 Å².